The Bertz CT molecular complexity index is 1450. The lowest BCUT2D eigenvalue weighted by atomic mass is 9.91. The molecule has 2 N–H and O–H groups in total. The Labute approximate surface area is 232 Å². The number of carbonyl (C=O) groups is 3. The molecule has 1 aliphatic heterocycles. The lowest BCUT2D eigenvalue weighted by molar-refractivity contribution is -0.139. The molecule has 0 radical (unpaired) electrons. The molecule has 39 heavy (non-hydrogen) atoms. The van der Waals surface area contributed by atoms with Gasteiger partial charge in [0.05, 0.1) is 10.6 Å². The number of carboxylic acids is 1. The summed E-state index contributed by atoms with van der Waals surface area (Å²) < 4.78 is 5.63. The Hall–Kier alpha value is -4.35. The highest BCUT2D eigenvalue weighted by Crippen LogP contribution is 2.28. The van der Waals surface area contributed by atoms with Crippen LogP contribution in [0.25, 0.3) is 4.85 Å². The molecule has 0 saturated heterocycles. The first-order valence-electron chi connectivity index (χ1n) is 12.4. The van der Waals surface area contributed by atoms with Gasteiger partial charge in [-0.15, -0.1) is 0 Å². The number of nitrogens with zero attached hydrogens (tertiary/aromatic N) is 2. The molecule has 1 unspecified atom stereocenters. The molecule has 2 amide bonds. The van der Waals surface area contributed by atoms with Crippen molar-refractivity contribution in [3.8, 4) is 5.75 Å². The molecule has 9 heteroatoms. The Morgan fingerprint density at radius 1 is 1.10 bits per heavy atom. The highest BCUT2D eigenvalue weighted by atomic mass is 35.5. The number of aryl methyl sites for hydroxylation is 2. The smallest absolute Gasteiger partial charge is 0.416 e. The monoisotopic (exact) mass is 545 g/mol. The molecule has 4 rings (SSSR count). The van der Waals surface area contributed by atoms with Crippen molar-refractivity contribution in [2.75, 3.05) is 6.54 Å². The fraction of sp³-hybridized carbons (Fsp3) is 0.267. The summed E-state index contributed by atoms with van der Waals surface area (Å²) in [6.07, 6.45) is 0.0633. The molecule has 0 fully saturated rings. The summed E-state index contributed by atoms with van der Waals surface area (Å²) in [5.74, 6) is -1.48. The maximum atomic E-state index is 13.1. The first kappa shape index (κ1) is 27.7. The summed E-state index contributed by atoms with van der Waals surface area (Å²) in [4.78, 5) is 42.6. The summed E-state index contributed by atoms with van der Waals surface area (Å²) in [5, 5.41) is 12.4. The zero-order valence-corrected chi connectivity index (χ0v) is 22.4. The number of fused-ring (bicyclic) bond motifs is 1. The van der Waals surface area contributed by atoms with Gasteiger partial charge in [-0.1, -0.05) is 48.0 Å². The van der Waals surface area contributed by atoms with Crippen molar-refractivity contribution < 1.29 is 24.2 Å². The first-order valence-corrected chi connectivity index (χ1v) is 12.8. The van der Waals surface area contributed by atoms with Crippen LogP contribution < -0.4 is 10.1 Å². The van der Waals surface area contributed by atoms with Crippen molar-refractivity contribution in [1.29, 1.82) is 0 Å². The van der Waals surface area contributed by atoms with Gasteiger partial charge >= 0.3 is 12.1 Å². The maximum absolute atomic E-state index is 13.1. The minimum atomic E-state index is -1.19. The summed E-state index contributed by atoms with van der Waals surface area (Å²) in [6, 6.07) is 15.6. The fourth-order valence-corrected chi connectivity index (χ4v) is 4.82. The molecule has 0 bridgehead atoms. The second-order valence-corrected chi connectivity index (χ2v) is 10.00. The van der Waals surface area contributed by atoms with Gasteiger partial charge in [0.15, 0.2) is 0 Å². The van der Waals surface area contributed by atoms with E-state index < -0.39 is 24.0 Å². The standard InChI is InChI=1S/C30H28ClN3O5/c1-18-12-21-15-23(16-32-3)34(17-22(21)13-19(18)2)30(38)39-24-10-8-20(9-11-24)14-27(29(36)37)33-28(35)25-6-4-5-7-26(25)31/h4-13,23,27H,14-17H2,1-2H3,(H,33,35)(H,36,37)/t23?,27-/m0/s1. The van der Waals surface area contributed by atoms with E-state index in [4.69, 9.17) is 22.9 Å². The van der Waals surface area contributed by atoms with Crippen molar-refractivity contribution in [2.45, 2.75) is 45.3 Å². The number of halogens is 1. The molecule has 1 aliphatic rings. The van der Waals surface area contributed by atoms with Crippen LogP contribution in [0.15, 0.2) is 60.7 Å². The molecule has 0 aliphatic carbocycles. The van der Waals surface area contributed by atoms with Gasteiger partial charge < -0.3 is 20.0 Å². The summed E-state index contributed by atoms with van der Waals surface area (Å²) in [7, 11) is 0. The van der Waals surface area contributed by atoms with Crippen LogP contribution in [0.3, 0.4) is 0 Å². The molecule has 0 spiro atoms. The number of ether oxygens (including phenoxy) is 1. The molecule has 3 aromatic carbocycles. The number of aliphatic carboxylic acids is 1. The first-order chi connectivity index (χ1) is 18.7. The van der Waals surface area contributed by atoms with Crippen molar-refractivity contribution in [3.05, 3.63) is 110 Å². The van der Waals surface area contributed by atoms with Crippen LogP contribution in [0.1, 0.15) is 38.2 Å². The molecule has 2 atom stereocenters. The molecule has 200 valence electrons. The van der Waals surface area contributed by atoms with Crippen molar-refractivity contribution in [2.24, 2.45) is 0 Å². The molecular formula is C30H28ClN3O5. The van der Waals surface area contributed by atoms with Crippen molar-refractivity contribution in [1.82, 2.24) is 10.2 Å². The topological polar surface area (TPSA) is 100 Å². The maximum Gasteiger partial charge on any atom is 0.416 e. The lowest BCUT2D eigenvalue weighted by Gasteiger charge is -2.34. The van der Waals surface area contributed by atoms with E-state index in [1.165, 1.54) is 11.6 Å². The van der Waals surface area contributed by atoms with Gasteiger partial charge in [0.1, 0.15) is 17.8 Å². The third kappa shape index (κ3) is 6.57. The number of nitrogens with one attached hydrogen (secondary N) is 1. The average Bonchev–Trinajstić information content (AvgIpc) is 2.90. The Morgan fingerprint density at radius 3 is 2.41 bits per heavy atom. The van der Waals surface area contributed by atoms with E-state index in [-0.39, 0.29) is 29.6 Å². The van der Waals surface area contributed by atoms with Crippen LogP contribution in [-0.2, 0) is 24.2 Å². The number of rotatable bonds is 7. The third-order valence-corrected chi connectivity index (χ3v) is 7.21. The van der Waals surface area contributed by atoms with E-state index in [9.17, 15) is 19.5 Å². The highest BCUT2D eigenvalue weighted by molar-refractivity contribution is 6.33. The third-order valence-electron chi connectivity index (χ3n) is 6.88. The molecule has 8 nitrogen and oxygen atoms in total. The van der Waals surface area contributed by atoms with Crippen LogP contribution in [0.4, 0.5) is 4.79 Å². The Kier molecular flexibility index (Phi) is 8.52. The predicted molar refractivity (Wildman–Crippen MR) is 147 cm³/mol. The molecule has 0 aromatic heterocycles. The molecular weight excluding hydrogens is 518 g/mol. The van der Waals surface area contributed by atoms with Crippen molar-refractivity contribution in [3.63, 3.8) is 0 Å². The second kappa shape index (κ2) is 12.0. The van der Waals surface area contributed by atoms with Gasteiger partial charge in [-0.05, 0) is 65.9 Å². The van der Waals surface area contributed by atoms with Gasteiger partial charge in [0.25, 0.3) is 5.91 Å². The second-order valence-electron chi connectivity index (χ2n) is 9.59. The number of carbonyl (C=O) groups excluding carboxylic acids is 2. The predicted octanol–water partition coefficient (Wildman–Crippen LogP) is 5.23. The summed E-state index contributed by atoms with van der Waals surface area (Å²) in [6.45, 7) is 12.0. The van der Waals surface area contributed by atoms with Crippen molar-refractivity contribution >= 4 is 29.6 Å². The van der Waals surface area contributed by atoms with E-state index >= 15 is 0 Å². The number of hydrogen-bond acceptors (Lipinski definition) is 4. The quantitative estimate of drug-likeness (QED) is 0.396. The summed E-state index contributed by atoms with van der Waals surface area (Å²) >= 11 is 6.05. The minimum Gasteiger partial charge on any atom is -0.480 e. The SMILES string of the molecule is [C-]#[N+]CC1Cc2cc(C)c(C)cc2CN1C(=O)Oc1ccc(C[C@H](NC(=O)c2ccccc2Cl)C(=O)O)cc1. The van der Waals surface area contributed by atoms with E-state index in [0.717, 1.165) is 16.7 Å². The highest BCUT2D eigenvalue weighted by Gasteiger charge is 2.33. The van der Waals surface area contributed by atoms with Gasteiger partial charge in [-0.2, -0.15) is 0 Å². The van der Waals surface area contributed by atoms with Gasteiger partial charge in [-0.25, -0.2) is 16.2 Å². The fourth-order valence-electron chi connectivity index (χ4n) is 4.60. The summed E-state index contributed by atoms with van der Waals surface area (Å²) in [5.41, 5.74) is 5.34. The van der Waals surface area contributed by atoms with Crippen LogP contribution in [-0.4, -0.2) is 46.6 Å². The van der Waals surface area contributed by atoms with E-state index in [0.29, 0.717) is 24.3 Å². The zero-order chi connectivity index (χ0) is 28.1. The largest absolute Gasteiger partial charge is 0.480 e. The van der Waals surface area contributed by atoms with Crippen LogP contribution in [0.5, 0.6) is 5.75 Å². The van der Waals surface area contributed by atoms with Crippen LogP contribution >= 0.6 is 11.6 Å². The normalized spacial score (nSPS) is 15.0. The van der Waals surface area contributed by atoms with Gasteiger partial charge in [0.2, 0.25) is 6.54 Å². The number of hydrogen-bond donors (Lipinski definition) is 2. The Morgan fingerprint density at radius 2 is 1.77 bits per heavy atom. The van der Waals surface area contributed by atoms with E-state index in [1.54, 1.807) is 47.4 Å². The van der Waals surface area contributed by atoms with Gasteiger partial charge in [-0.3, -0.25) is 9.69 Å². The average molecular weight is 546 g/mol. The minimum absolute atomic E-state index is 0.0223. The Balaban J connectivity index is 1.42. The zero-order valence-electron chi connectivity index (χ0n) is 21.6. The van der Waals surface area contributed by atoms with Crippen LogP contribution in [0.2, 0.25) is 5.02 Å². The number of benzene rings is 3. The van der Waals surface area contributed by atoms with Gasteiger partial charge in [0, 0.05) is 19.4 Å². The molecule has 0 saturated carbocycles. The molecule has 3 aromatic rings. The number of amides is 2. The van der Waals surface area contributed by atoms with Crippen LogP contribution in [0, 0.1) is 20.4 Å². The van der Waals surface area contributed by atoms with E-state index in [1.807, 2.05) is 6.92 Å². The van der Waals surface area contributed by atoms with E-state index in [2.05, 4.69) is 29.2 Å². The lowest BCUT2D eigenvalue weighted by Crippen LogP contribution is -2.47. The molecule has 1 heterocycles. The number of carboxylic acid groups (broad SMARTS) is 1.